The number of alkyl halides is 2. The predicted octanol–water partition coefficient (Wildman–Crippen LogP) is 2.76. The van der Waals surface area contributed by atoms with Gasteiger partial charge in [-0.25, -0.2) is 8.78 Å². The van der Waals surface area contributed by atoms with E-state index in [1.807, 2.05) is 25.7 Å². The van der Waals surface area contributed by atoms with Crippen LogP contribution < -0.4 is 0 Å². The van der Waals surface area contributed by atoms with Crippen LogP contribution in [0.2, 0.25) is 0 Å². The zero-order valence-electron chi connectivity index (χ0n) is 8.40. The summed E-state index contributed by atoms with van der Waals surface area (Å²) in [6.45, 7) is 8.34. The summed E-state index contributed by atoms with van der Waals surface area (Å²) in [5.74, 6) is -2.53. The van der Waals surface area contributed by atoms with Crippen LogP contribution in [0.25, 0.3) is 0 Å². The lowest BCUT2D eigenvalue weighted by Gasteiger charge is -2.25. The van der Waals surface area contributed by atoms with E-state index in [1.54, 1.807) is 0 Å². The lowest BCUT2D eigenvalue weighted by atomic mass is 10.2. The number of nitrogens with zero attached hydrogens (tertiary/aromatic N) is 1. The minimum Gasteiger partial charge on any atom is -0.301 e. The Morgan fingerprint density at radius 3 is 2.08 bits per heavy atom. The van der Waals surface area contributed by atoms with Gasteiger partial charge in [0.1, 0.15) is 0 Å². The topological polar surface area (TPSA) is 3.24 Å². The van der Waals surface area contributed by atoms with Crippen LogP contribution in [0.1, 0.15) is 34.1 Å². The lowest BCUT2D eigenvalue weighted by Crippen LogP contribution is -2.34. The summed E-state index contributed by atoms with van der Waals surface area (Å²) >= 11 is 0. The average molecular weight is 179 g/mol. The quantitative estimate of drug-likeness (QED) is 0.627. The van der Waals surface area contributed by atoms with Gasteiger partial charge in [0.15, 0.2) is 0 Å². The number of rotatable bonds is 5. The van der Waals surface area contributed by atoms with Gasteiger partial charge in [0.05, 0.1) is 0 Å². The first kappa shape index (κ1) is 11.8. The van der Waals surface area contributed by atoms with Crippen LogP contribution in [0.5, 0.6) is 0 Å². The van der Waals surface area contributed by atoms with Crippen LogP contribution in [0.15, 0.2) is 0 Å². The van der Waals surface area contributed by atoms with Gasteiger partial charge in [-0.2, -0.15) is 0 Å². The molecular weight excluding hydrogens is 160 g/mol. The third-order valence-electron chi connectivity index (χ3n) is 1.97. The molecule has 1 nitrogen and oxygen atoms in total. The molecule has 0 saturated heterocycles. The molecule has 0 saturated carbocycles. The van der Waals surface area contributed by atoms with Crippen LogP contribution >= 0.6 is 0 Å². The Kier molecular flexibility index (Phi) is 4.68. The number of hydrogen-bond donors (Lipinski definition) is 0. The third-order valence-corrected chi connectivity index (χ3v) is 1.97. The number of halogens is 2. The molecule has 0 aliphatic carbocycles. The van der Waals surface area contributed by atoms with Gasteiger partial charge in [0.2, 0.25) is 5.92 Å². The molecule has 0 fully saturated rings. The molecule has 0 atom stereocenters. The maximum absolute atomic E-state index is 12.5. The second-order valence-corrected chi connectivity index (χ2v) is 3.54. The molecule has 0 spiro atoms. The predicted molar refractivity (Wildman–Crippen MR) is 47.6 cm³/mol. The highest BCUT2D eigenvalue weighted by molar-refractivity contribution is 4.66. The maximum Gasteiger partial charge on any atom is 0.246 e. The van der Waals surface area contributed by atoms with Crippen molar-refractivity contribution in [3.05, 3.63) is 0 Å². The molecular formula is C9H19F2N. The summed E-state index contributed by atoms with van der Waals surface area (Å²) in [6.07, 6.45) is -0.0426. The van der Waals surface area contributed by atoms with E-state index >= 15 is 0 Å². The molecule has 12 heavy (non-hydrogen) atoms. The van der Waals surface area contributed by atoms with Gasteiger partial charge >= 0.3 is 0 Å². The van der Waals surface area contributed by atoms with Crippen LogP contribution in [0.3, 0.4) is 0 Å². The molecule has 0 aromatic rings. The Morgan fingerprint density at radius 2 is 1.83 bits per heavy atom. The van der Waals surface area contributed by atoms with Crippen molar-refractivity contribution < 1.29 is 8.78 Å². The van der Waals surface area contributed by atoms with Crippen molar-refractivity contribution in [1.82, 2.24) is 4.90 Å². The highest BCUT2D eigenvalue weighted by Crippen LogP contribution is 2.17. The normalized spacial score (nSPS) is 13.0. The minimum atomic E-state index is -2.53. The van der Waals surface area contributed by atoms with Crippen LogP contribution in [-0.2, 0) is 0 Å². The van der Waals surface area contributed by atoms with Gasteiger partial charge in [0.25, 0.3) is 0 Å². The minimum absolute atomic E-state index is 0.0426. The van der Waals surface area contributed by atoms with E-state index in [-0.39, 0.29) is 6.42 Å². The molecule has 0 radical (unpaired) electrons. The molecule has 0 aliphatic heterocycles. The molecule has 74 valence electrons. The van der Waals surface area contributed by atoms with E-state index in [0.29, 0.717) is 12.6 Å². The second kappa shape index (κ2) is 4.75. The fraction of sp³-hybridized carbons (Fsp3) is 1.00. The average Bonchev–Trinajstić information content (AvgIpc) is 1.85. The van der Waals surface area contributed by atoms with Crippen molar-refractivity contribution in [2.45, 2.75) is 46.1 Å². The summed E-state index contributed by atoms with van der Waals surface area (Å²) in [5.41, 5.74) is 0. The number of hydrogen-bond acceptors (Lipinski definition) is 1. The van der Waals surface area contributed by atoms with Crippen molar-refractivity contribution in [3.8, 4) is 0 Å². The lowest BCUT2D eigenvalue weighted by molar-refractivity contribution is 0.00108. The van der Waals surface area contributed by atoms with Gasteiger partial charge in [-0.1, -0.05) is 6.92 Å². The first-order valence-electron chi connectivity index (χ1n) is 4.48. The van der Waals surface area contributed by atoms with Crippen molar-refractivity contribution in [2.24, 2.45) is 0 Å². The zero-order chi connectivity index (χ0) is 9.78. The highest BCUT2D eigenvalue weighted by atomic mass is 19.3. The van der Waals surface area contributed by atoms with Gasteiger partial charge in [-0.05, 0) is 27.3 Å². The van der Waals surface area contributed by atoms with Gasteiger partial charge in [-0.15, -0.1) is 0 Å². The maximum atomic E-state index is 12.5. The van der Waals surface area contributed by atoms with E-state index < -0.39 is 5.92 Å². The Balaban J connectivity index is 3.73. The first-order chi connectivity index (χ1) is 5.37. The summed E-state index contributed by atoms with van der Waals surface area (Å²) in [4.78, 5) is 2.04. The van der Waals surface area contributed by atoms with Crippen LogP contribution in [0.4, 0.5) is 8.78 Å². The van der Waals surface area contributed by atoms with E-state index in [1.165, 1.54) is 0 Å². The Morgan fingerprint density at radius 1 is 1.33 bits per heavy atom. The zero-order valence-corrected chi connectivity index (χ0v) is 8.40. The molecule has 0 unspecified atom stereocenters. The molecule has 0 N–H and O–H groups in total. The second-order valence-electron chi connectivity index (χ2n) is 3.54. The van der Waals surface area contributed by atoms with Gasteiger partial charge in [-0.3, -0.25) is 0 Å². The van der Waals surface area contributed by atoms with E-state index in [2.05, 4.69) is 0 Å². The Bertz CT molecular complexity index is 118. The summed E-state index contributed by atoms with van der Waals surface area (Å²) < 4.78 is 24.9. The summed E-state index contributed by atoms with van der Waals surface area (Å²) in [6, 6.07) is 0.359. The molecule has 0 bridgehead atoms. The molecule has 0 aromatic heterocycles. The largest absolute Gasteiger partial charge is 0.301 e. The van der Waals surface area contributed by atoms with Crippen LogP contribution in [0, 0.1) is 0 Å². The smallest absolute Gasteiger partial charge is 0.246 e. The van der Waals surface area contributed by atoms with Crippen molar-refractivity contribution >= 4 is 0 Å². The van der Waals surface area contributed by atoms with Crippen molar-refractivity contribution in [1.29, 1.82) is 0 Å². The van der Waals surface area contributed by atoms with E-state index in [0.717, 1.165) is 13.5 Å². The van der Waals surface area contributed by atoms with Crippen LogP contribution in [-0.4, -0.2) is 30.0 Å². The Hall–Kier alpha value is -0.180. The molecule has 0 rings (SSSR count). The van der Waals surface area contributed by atoms with Gasteiger partial charge in [0, 0.05) is 19.0 Å². The molecule has 0 aromatic carbocycles. The fourth-order valence-electron chi connectivity index (χ4n) is 1.12. The van der Waals surface area contributed by atoms with Crippen molar-refractivity contribution in [2.75, 3.05) is 13.1 Å². The molecule has 3 heteroatoms. The molecule has 0 aliphatic rings. The van der Waals surface area contributed by atoms with E-state index in [4.69, 9.17) is 0 Å². The van der Waals surface area contributed by atoms with Crippen molar-refractivity contribution in [3.63, 3.8) is 0 Å². The standard InChI is InChI=1S/C9H19F2N/c1-5-12(8(2)3)7-6-9(4,10)11/h8H,5-7H2,1-4H3. The monoisotopic (exact) mass is 179 g/mol. The summed E-state index contributed by atoms with van der Waals surface area (Å²) in [5, 5.41) is 0. The molecule has 0 amide bonds. The SMILES string of the molecule is CCN(CCC(C)(F)F)C(C)C. The Labute approximate surface area is 73.7 Å². The van der Waals surface area contributed by atoms with Gasteiger partial charge < -0.3 is 4.90 Å². The third kappa shape index (κ3) is 5.47. The fourth-order valence-corrected chi connectivity index (χ4v) is 1.12. The first-order valence-corrected chi connectivity index (χ1v) is 4.48. The highest BCUT2D eigenvalue weighted by Gasteiger charge is 2.22. The molecule has 0 heterocycles. The summed E-state index contributed by atoms with van der Waals surface area (Å²) in [7, 11) is 0. The van der Waals surface area contributed by atoms with E-state index in [9.17, 15) is 8.78 Å².